The first-order chi connectivity index (χ1) is 15.8. The van der Waals surface area contributed by atoms with E-state index in [0.717, 1.165) is 43.9 Å². The fourth-order valence-corrected chi connectivity index (χ4v) is 6.09. The first-order valence-corrected chi connectivity index (χ1v) is 12.1. The van der Waals surface area contributed by atoms with Gasteiger partial charge in [-0.3, -0.25) is 14.8 Å². The summed E-state index contributed by atoms with van der Waals surface area (Å²) >= 11 is 2.87. The number of thioether (sulfide) groups is 1. The highest BCUT2D eigenvalue weighted by Gasteiger charge is 2.42. The van der Waals surface area contributed by atoms with Crippen LogP contribution in [0.25, 0.3) is 0 Å². The van der Waals surface area contributed by atoms with Crippen LogP contribution in [0.2, 0.25) is 0 Å². The summed E-state index contributed by atoms with van der Waals surface area (Å²) in [6.07, 6.45) is 4.15. The Hall–Kier alpha value is -2.96. The van der Waals surface area contributed by atoms with E-state index < -0.39 is 0 Å². The number of thiazole rings is 1. The number of nitrogens with one attached hydrogen (secondary N) is 2. The van der Waals surface area contributed by atoms with Crippen LogP contribution in [0.1, 0.15) is 39.7 Å². The summed E-state index contributed by atoms with van der Waals surface area (Å²) in [6, 6.07) is -0.0988. The third-order valence-electron chi connectivity index (χ3n) is 5.73. The molecule has 0 saturated heterocycles. The lowest BCUT2D eigenvalue weighted by Crippen LogP contribution is -2.38. The number of amides is 1. The minimum Gasteiger partial charge on any atom is -0.496 e. The summed E-state index contributed by atoms with van der Waals surface area (Å²) in [6.45, 7) is 6.40. The molecule has 0 aliphatic carbocycles. The van der Waals surface area contributed by atoms with Crippen molar-refractivity contribution in [1.82, 2.24) is 25.4 Å². The van der Waals surface area contributed by atoms with Gasteiger partial charge >= 0.3 is 0 Å². The van der Waals surface area contributed by atoms with E-state index in [0.29, 0.717) is 18.1 Å². The normalized spacial score (nSPS) is 18.8. The van der Waals surface area contributed by atoms with Crippen LogP contribution >= 0.6 is 23.1 Å². The van der Waals surface area contributed by atoms with Crippen molar-refractivity contribution < 1.29 is 9.53 Å². The van der Waals surface area contributed by atoms with Crippen LogP contribution in [0, 0.1) is 20.8 Å². The number of nitrogens with zero attached hydrogens (tertiary/aromatic N) is 5. The lowest BCUT2D eigenvalue weighted by Gasteiger charge is -2.26. The second-order valence-corrected chi connectivity index (χ2v) is 10.5. The van der Waals surface area contributed by atoms with E-state index in [1.165, 1.54) is 23.1 Å². The molecule has 2 aliphatic rings. The number of rotatable bonds is 5. The second-order valence-electron chi connectivity index (χ2n) is 8.05. The smallest absolute Gasteiger partial charge is 0.239 e. The average molecular weight is 485 g/mol. The van der Waals surface area contributed by atoms with Crippen LogP contribution in [0.5, 0.6) is 5.75 Å². The Kier molecular flexibility index (Phi) is 5.59. The predicted molar refractivity (Wildman–Crippen MR) is 129 cm³/mol. The minimum atomic E-state index is -0.333. The topological polar surface area (TPSA) is 131 Å². The number of hydrogen-bond donors (Lipinski definition) is 3. The Balaban J connectivity index is 1.41. The van der Waals surface area contributed by atoms with Crippen LogP contribution in [0.4, 0.5) is 16.9 Å². The van der Waals surface area contributed by atoms with Gasteiger partial charge in [0, 0.05) is 34.0 Å². The number of ether oxygens (including phenoxy) is 1. The number of hydrazine groups is 1. The lowest BCUT2D eigenvalue weighted by molar-refractivity contribution is -0.116. The van der Waals surface area contributed by atoms with E-state index in [1.54, 1.807) is 13.3 Å². The standard InChI is InChI=1S/C21H24N8O2S2/c1-9-6-23-13(11(3)16(9)31-4)8-29-17-15-12(28-29)5-14(33-19(15)27-20(22)25-17)18(30)26-21-24-7-10(2)32-21/h6-7,12,14,28H,5,8H2,1-4H3,(H2,22,25,27)(H,24,26,30). The molecule has 4 N–H and O–H groups in total. The molecule has 0 fully saturated rings. The quantitative estimate of drug-likeness (QED) is 0.465. The molecule has 172 valence electrons. The molecule has 0 saturated carbocycles. The Labute approximate surface area is 199 Å². The van der Waals surface area contributed by atoms with Crippen molar-refractivity contribution in [3.63, 3.8) is 0 Å². The van der Waals surface area contributed by atoms with E-state index in [-0.39, 0.29) is 23.1 Å². The first kappa shape index (κ1) is 21.9. The van der Waals surface area contributed by atoms with Gasteiger partial charge in [-0.2, -0.15) is 4.98 Å². The molecular formula is C21H24N8O2S2. The highest BCUT2D eigenvalue weighted by Crippen LogP contribution is 2.47. The number of aromatic nitrogens is 4. The number of nitrogens with two attached hydrogens (primary N) is 1. The van der Waals surface area contributed by atoms with Gasteiger partial charge in [-0.1, -0.05) is 11.8 Å². The molecule has 2 aliphatic heterocycles. The molecule has 1 amide bonds. The highest BCUT2D eigenvalue weighted by molar-refractivity contribution is 8.00. The molecule has 2 unspecified atom stereocenters. The number of aryl methyl sites for hydroxylation is 2. The zero-order valence-corrected chi connectivity index (χ0v) is 20.3. The van der Waals surface area contributed by atoms with Gasteiger partial charge in [0.1, 0.15) is 10.8 Å². The Bertz CT molecular complexity index is 1250. The average Bonchev–Trinajstić information content (AvgIpc) is 3.33. The van der Waals surface area contributed by atoms with Crippen LogP contribution < -0.4 is 26.2 Å². The molecule has 0 radical (unpaired) electrons. The zero-order chi connectivity index (χ0) is 23.3. The monoisotopic (exact) mass is 484 g/mol. The molecule has 0 spiro atoms. The lowest BCUT2D eigenvalue weighted by atomic mass is 10.0. The van der Waals surface area contributed by atoms with Crippen molar-refractivity contribution in [3.8, 4) is 5.75 Å². The van der Waals surface area contributed by atoms with Crippen molar-refractivity contribution in [2.75, 3.05) is 23.2 Å². The Morgan fingerprint density at radius 2 is 2.12 bits per heavy atom. The third kappa shape index (κ3) is 3.98. The van der Waals surface area contributed by atoms with E-state index in [2.05, 4.69) is 30.7 Å². The molecule has 0 aromatic carbocycles. The van der Waals surface area contributed by atoms with Crippen molar-refractivity contribution in [3.05, 3.63) is 39.7 Å². The number of pyridine rings is 1. The summed E-state index contributed by atoms with van der Waals surface area (Å²) in [4.78, 5) is 31.8. The van der Waals surface area contributed by atoms with Crippen molar-refractivity contribution in [1.29, 1.82) is 0 Å². The highest BCUT2D eigenvalue weighted by atomic mass is 32.2. The number of hydrogen-bond acceptors (Lipinski definition) is 11. The van der Waals surface area contributed by atoms with Crippen LogP contribution in [0.3, 0.4) is 0 Å². The van der Waals surface area contributed by atoms with Crippen molar-refractivity contribution >= 4 is 45.9 Å². The summed E-state index contributed by atoms with van der Waals surface area (Å²) in [7, 11) is 1.66. The third-order valence-corrected chi connectivity index (χ3v) is 7.78. The van der Waals surface area contributed by atoms with Gasteiger partial charge in [-0.15, -0.1) is 11.3 Å². The largest absolute Gasteiger partial charge is 0.496 e. The number of carbonyl (C=O) groups is 1. The molecule has 3 aromatic rings. The Morgan fingerprint density at radius 3 is 2.85 bits per heavy atom. The summed E-state index contributed by atoms with van der Waals surface area (Å²) in [5.74, 6) is 1.63. The van der Waals surface area contributed by atoms with Gasteiger partial charge in [0.05, 0.1) is 30.6 Å². The first-order valence-electron chi connectivity index (χ1n) is 10.4. The fourth-order valence-electron chi connectivity index (χ4n) is 4.20. The summed E-state index contributed by atoms with van der Waals surface area (Å²) in [5.41, 5.74) is 13.3. The van der Waals surface area contributed by atoms with Gasteiger partial charge in [-0.05, 0) is 27.2 Å². The molecule has 5 rings (SSSR count). The molecule has 3 aromatic heterocycles. The second kappa shape index (κ2) is 8.43. The van der Waals surface area contributed by atoms with Crippen LogP contribution in [0.15, 0.2) is 17.4 Å². The summed E-state index contributed by atoms with van der Waals surface area (Å²) < 4.78 is 5.56. The van der Waals surface area contributed by atoms with Gasteiger partial charge in [0.25, 0.3) is 0 Å². The van der Waals surface area contributed by atoms with E-state index >= 15 is 0 Å². The van der Waals surface area contributed by atoms with Gasteiger partial charge in [-0.25, -0.2) is 15.4 Å². The maximum Gasteiger partial charge on any atom is 0.239 e. The number of carbonyl (C=O) groups excluding carboxylic acids is 1. The molecule has 12 heteroatoms. The minimum absolute atomic E-state index is 0.0974. The van der Waals surface area contributed by atoms with Crippen LogP contribution in [-0.2, 0) is 11.3 Å². The number of methoxy groups -OCH3 is 1. The Morgan fingerprint density at radius 1 is 1.30 bits per heavy atom. The maximum absolute atomic E-state index is 13.0. The molecule has 10 nitrogen and oxygen atoms in total. The molecular weight excluding hydrogens is 460 g/mol. The molecule has 5 heterocycles. The fraction of sp³-hybridized carbons (Fsp3) is 0.381. The van der Waals surface area contributed by atoms with Crippen molar-refractivity contribution in [2.45, 2.75) is 50.1 Å². The van der Waals surface area contributed by atoms with Crippen molar-refractivity contribution in [2.24, 2.45) is 0 Å². The molecule has 0 bridgehead atoms. The van der Waals surface area contributed by atoms with E-state index in [1.807, 2.05) is 32.0 Å². The van der Waals surface area contributed by atoms with E-state index in [9.17, 15) is 4.79 Å². The number of anilines is 3. The zero-order valence-electron chi connectivity index (χ0n) is 18.7. The maximum atomic E-state index is 13.0. The predicted octanol–water partition coefficient (Wildman–Crippen LogP) is 2.91. The van der Waals surface area contributed by atoms with Gasteiger partial charge < -0.3 is 15.8 Å². The molecule has 33 heavy (non-hydrogen) atoms. The molecule has 2 atom stereocenters. The SMILES string of the molecule is COc1c(C)cnc(CN2NC3CC(C(=O)Nc4ncc(C)s4)Sc4nc(N)nc2c43)c1C. The van der Waals surface area contributed by atoms with Gasteiger partial charge in [0.15, 0.2) is 10.9 Å². The van der Waals surface area contributed by atoms with Gasteiger partial charge in [0.2, 0.25) is 11.9 Å². The summed E-state index contributed by atoms with van der Waals surface area (Å²) in [5, 5.41) is 5.86. The van der Waals surface area contributed by atoms with Crippen LogP contribution in [-0.4, -0.2) is 38.2 Å². The van der Waals surface area contributed by atoms with E-state index in [4.69, 9.17) is 10.5 Å². The number of nitrogen functional groups attached to an aromatic ring is 1.